The largest absolute Gasteiger partial charge is 0.405 e. The lowest BCUT2D eigenvalue weighted by atomic mass is 9.96. The number of aryl methyl sites for hydroxylation is 1. The van der Waals surface area contributed by atoms with Crippen LogP contribution in [-0.2, 0) is 23.1 Å². The highest BCUT2D eigenvalue weighted by Crippen LogP contribution is 2.47. The number of ether oxygens (including phenoxy) is 1. The molecule has 2 aliphatic rings. The SMILES string of the molecule is Cc1nc(NC2CC2)c2ncn([C@@H]3O[C@H](COP(=O)(NC(C)C)OCCSC(=O)C(C)(C)CO)[C@H](O)C3(C)O)c2n1. The van der Waals surface area contributed by atoms with E-state index >= 15 is 0 Å². The van der Waals surface area contributed by atoms with Gasteiger partial charge in [0.25, 0.3) is 0 Å². The van der Waals surface area contributed by atoms with E-state index in [1.807, 2.05) is 0 Å². The molecule has 1 aliphatic carbocycles. The number of hydrogen-bond donors (Lipinski definition) is 5. The third-order valence-corrected chi connectivity index (χ3v) is 9.84. The Morgan fingerprint density at radius 2 is 2.05 bits per heavy atom. The third-order valence-electron chi connectivity index (χ3n) is 6.81. The number of aliphatic hydroxyl groups excluding tert-OH is 2. The van der Waals surface area contributed by atoms with Gasteiger partial charge in [0.2, 0.25) is 0 Å². The standard InChI is InChI=1S/C25H41N6O8PS/c1-14(2)30-40(36,37-9-10-41-23(34)24(4,5)12-32)38-11-17-19(33)25(6,35)22(39-17)31-13-26-18-20(29-16-7-8-16)27-15(3)28-21(18)31/h13-14,16-17,19,22,32-33,35H,7-12H2,1-6H3,(H,30,36)(H,27,28,29)/t17-,19+,22-,25?,40?/m1/s1. The van der Waals surface area contributed by atoms with Crippen LogP contribution >= 0.6 is 19.5 Å². The molecule has 41 heavy (non-hydrogen) atoms. The summed E-state index contributed by atoms with van der Waals surface area (Å²) >= 11 is 0.969. The van der Waals surface area contributed by atoms with Gasteiger partial charge in [-0.05, 0) is 54.4 Å². The minimum atomic E-state index is -3.89. The quantitative estimate of drug-likeness (QED) is 0.153. The van der Waals surface area contributed by atoms with Crippen LogP contribution in [0.5, 0.6) is 0 Å². The van der Waals surface area contributed by atoms with Gasteiger partial charge >= 0.3 is 7.75 Å². The normalized spacial score (nSPS) is 26.5. The summed E-state index contributed by atoms with van der Waals surface area (Å²) in [4.78, 5) is 25.7. The monoisotopic (exact) mass is 616 g/mol. The van der Waals surface area contributed by atoms with E-state index in [9.17, 15) is 24.7 Å². The first-order valence-corrected chi connectivity index (χ1v) is 16.2. The third kappa shape index (κ3) is 7.46. The van der Waals surface area contributed by atoms with Crippen molar-refractivity contribution < 1.29 is 38.5 Å². The van der Waals surface area contributed by atoms with E-state index in [2.05, 4.69) is 25.4 Å². The maximum Gasteiger partial charge on any atom is 0.405 e. The van der Waals surface area contributed by atoms with Crippen LogP contribution in [0.15, 0.2) is 6.33 Å². The number of rotatable bonds is 14. The molecule has 230 valence electrons. The molecule has 4 rings (SSSR count). The average molecular weight is 617 g/mol. The molecule has 0 aromatic carbocycles. The minimum Gasteiger partial charge on any atom is -0.395 e. The van der Waals surface area contributed by atoms with Crippen molar-refractivity contribution in [2.24, 2.45) is 5.41 Å². The van der Waals surface area contributed by atoms with Crippen molar-refractivity contribution in [1.82, 2.24) is 24.6 Å². The second kappa shape index (κ2) is 12.5. The minimum absolute atomic E-state index is 0.0688. The molecule has 1 aliphatic heterocycles. The molecular formula is C25H41N6O8PS. The number of nitrogens with zero attached hydrogens (tertiary/aromatic N) is 4. The van der Waals surface area contributed by atoms with Crippen molar-refractivity contribution in [1.29, 1.82) is 0 Å². The topological polar surface area (TPSA) is 190 Å². The highest BCUT2D eigenvalue weighted by molar-refractivity contribution is 8.13. The maximum atomic E-state index is 13.5. The Hall–Kier alpha value is -1.68. The molecule has 14 nitrogen and oxygen atoms in total. The molecule has 1 saturated heterocycles. The van der Waals surface area contributed by atoms with E-state index in [1.54, 1.807) is 39.2 Å². The van der Waals surface area contributed by atoms with Crippen LogP contribution in [0.2, 0.25) is 0 Å². The van der Waals surface area contributed by atoms with Crippen LogP contribution in [0.1, 0.15) is 59.5 Å². The summed E-state index contributed by atoms with van der Waals surface area (Å²) in [6, 6.07) is 0.0723. The van der Waals surface area contributed by atoms with E-state index in [1.165, 1.54) is 13.3 Å². The Kier molecular flexibility index (Phi) is 9.84. The van der Waals surface area contributed by atoms with Crippen LogP contribution in [0.25, 0.3) is 11.2 Å². The van der Waals surface area contributed by atoms with Gasteiger partial charge in [0.05, 0.1) is 31.6 Å². The van der Waals surface area contributed by atoms with Gasteiger partial charge in [0.1, 0.15) is 23.6 Å². The number of fused-ring (bicyclic) bond motifs is 1. The number of nitrogens with one attached hydrogen (secondary N) is 2. The molecule has 2 aromatic heterocycles. The summed E-state index contributed by atoms with van der Waals surface area (Å²) in [5.41, 5.74) is -1.71. The fraction of sp³-hybridized carbons (Fsp3) is 0.760. The van der Waals surface area contributed by atoms with Crippen molar-refractivity contribution >= 4 is 41.6 Å². The predicted octanol–water partition coefficient (Wildman–Crippen LogP) is 2.14. The van der Waals surface area contributed by atoms with Crippen LogP contribution in [-0.4, -0.2) is 95.4 Å². The first-order valence-electron chi connectivity index (χ1n) is 13.7. The smallest absolute Gasteiger partial charge is 0.395 e. The number of aliphatic hydroxyl groups is 3. The van der Waals surface area contributed by atoms with Gasteiger partial charge in [-0.15, -0.1) is 0 Å². The van der Waals surface area contributed by atoms with Crippen LogP contribution < -0.4 is 10.4 Å². The zero-order chi connectivity index (χ0) is 30.2. The number of imidazole rings is 1. The first kappa shape index (κ1) is 32.2. The number of aromatic nitrogens is 4. The Balaban J connectivity index is 1.44. The zero-order valence-corrected chi connectivity index (χ0v) is 25.9. The summed E-state index contributed by atoms with van der Waals surface area (Å²) in [5, 5.41) is 37.6. The Bertz CT molecular complexity index is 1290. The molecule has 5 N–H and O–H groups in total. The van der Waals surface area contributed by atoms with Crippen molar-refractivity contribution in [3.05, 3.63) is 12.2 Å². The van der Waals surface area contributed by atoms with E-state index in [-0.39, 0.29) is 36.7 Å². The van der Waals surface area contributed by atoms with Crippen LogP contribution in [0.4, 0.5) is 5.82 Å². The molecular weight excluding hydrogens is 575 g/mol. The molecule has 5 atom stereocenters. The summed E-state index contributed by atoms with van der Waals surface area (Å²) in [6.45, 7) is 9.29. The Labute approximate surface area is 243 Å². The Morgan fingerprint density at radius 3 is 2.68 bits per heavy atom. The molecule has 0 spiro atoms. The first-order chi connectivity index (χ1) is 19.2. The molecule has 2 unspecified atom stereocenters. The molecule has 0 amide bonds. The molecule has 0 radical (unpaired) electrons. The number of hydrogen-bond acceptors (Lipinski definition) is 13. The molecule has 2 fully saturated rings. The van der Waals surface area contributed by atoms with Gasteiger partial charge in [-0.25, -0.2) is 24.6 Å². The lowest BCUT2D eigenvalue weighted by Gasteiger charge is -2.27. The van der Waals surface area contributed by atoms with Gasteiger partial charge in [-0.2, -0.15) is 0 Å². The molecule has 1 saturated carbocycles. The number of thioether (sulfide) groups is 1. The zero-order valence-electron chi connectivity index (χ0n) is 24.2. The van der Waals surface area contributed by atoms with Crippen LogP contribution in [0.3, 0.4) is 0 Å². The second-order valence-corrected chi connectivity index (χ2v) is 14.5. The highest BCUT2D eigenvalue weighted by atomic mass is 32.2. The average Bonchev–Trinajstić information content (AvgIpc) is 3.56. The fourth-order valence-corrected chi connectivity index (χ4v) is 6.71. The van der Waals surface area contributed by atoms with Crippen molar-refractivity contribution in [3.63, 3.8) is 0 Å². The lowest BCUT2D eigenvalue weighted by molar-refractivity contribution is -0.119. The molecule has 3 heterocycles. The summed E-state index contributed by atoms with van der Waals surface area (Å²) in [6.07, 6.45) is 0.0481. The lowest BCUT2D eigenvalue weighted by Crippen LogP contribution is -2.44. The van der Waals surface area contributed by atoms with E-state index in [4.69, 9.17) is 13.8 Å². The maximum absolute atomic E-state index is 13.5. The van der Waals surface area contributed by atoms with Crippen molar-refractivity contribution in [3.8, 4) is 0 Å². The fourth-order valence-electron chi connectivity index (χ4n) is 4.25. The molecule has 0 bridgehead atoms. The summed E-state index contributed by atoms with van der Waals surface area (Å²) in [5.74, 6) is 1.31. The van der Waals surface area contributed by atoms with Crippen molar-refractivity contribution in [2.75, 3.05) is 30.9 Å². The van der Waals surface area contributed by atoms with Gasteiger partial charge < -0.3 is 25.4 Å². The van der Waals surface area contributed by atoms with Gasteiger partial charge in [-0.1, -0.05) is 11.8 Å². The number of carbonyl (C=O) groups is 1. The molecule has 2 aromatic rings. The number of anilines is 1. The highest BCUT2D eigenvalue weighted by Gasteiger charge is 2.54. The van der Waals surface area contributed by atoms with Gasteiger partial charge in [-0.3, -0.25) is 18.4 Å². The van der Waals surface area contributed by atoms with Gasteiger partial charge in [0.15, 0.2) is 28.3 Å². The second-order valence-electron chi connectivity index (χ2n) is 11.6. The number of carbonyl (C=O) groups excluding carboxylic acids is 1. The van der Waals surface area contributed by atoms with Gasteiger partial charge in [0, 0.05) is 17.8 Å². The Morgan fingerprint density at radius 1 is 1.34 bits per heavy atom. The van der Waals surface area contributed by atoms with E-state index in [0.717, 1.165) is 24.6 Å². The van der Waals surface area contributed by atoms with E-state index in [0.29, 0.717) is 28.8 Å². The molecule has 16 heteroatoms. The summed E-state index contributed by atoms with van der Waals surface area (Å²) < 4.78 is 32.3. The van der Waals surface area contributed by atoms with Crippen LogP contribution in [0, 0.1) is 12.3 Å². The van der Waals surface area contributed by atoms with E-state index < -0.39 is 37.2 Å². The van der Waals surface area contributed by atoms with Crippen molar-refractivity contribution in [2.45, 2.75) is 90.5 Å². The summed E-state index contributed by atoms with van der Waals surface area (Å²) in [7, 11) is -3.89. The predicted molar refractivity (Wildman–Crippen MR) is 153 cm³/mol.